The lowest BCUT2D eigenvalue weighted by Gasteiger charge is -2.08. The first-order chi connectivity index (χ1) is 9.55. The lowest BCUT2D eigenvalue weighted by molar-refractivity contribution is 0.0499. The standard InChI is InChI=1S/C12H17NO6S2/c1-3-4-5-19-12(14)9-6-10(20(2,15)16)8-11(7-9)21(13,17)18/h6-8H,3-5H2,1-2H3,(H2,13,17,18). The van der Waals surface area contributed by atoms with Gasteiger partial charge in [-0.25, -0.2) is 26.8 Å². The Balaban J connectivity index is 3.30. The van der Waals surface area contributed by atoms with Crippen LogP contribution in [-0.2, 0) is 24.6 Å². The fraction of sp³-hybridized carbons (Fsp3) is 0.417. The highest BCUT2D eigenvalue weighted by atomic mass is 32.2. The van der Waals surface area contributed by atoms with E-state index in [4.69, 9.17) is 9.88 Å². The van der Waals surface area contributed by atoms with Crippen LogP contribution in [0, 0.1) is 0 Å². The van der Waals surface area contributed by atoms with Crippen LogP contribution in [0.15, 0.2) is 28.0 Å². The SMILES string of the molecule is CCCCOC(=O)c1cc(S(C)(=O)=O)cc(S(N)(=O)=O)c1. The molecule has 0 fully saturated rings. The average Bonchev–Trinajstić information content (AvgIpc) is 2.36. The van der Waals surface area contributed by atoms with E-state index >= 15 is 0 Å². The van der Waals surface area contributed by atoms with Crippen LogP contribution in [0.25, 0.3) is 0 Å². The Morgan fingerprint density at radius 2 is 1.71 bits per heavy atom. The monoisotopic (exact) mass is 335 g/mol. The smallest absolute Gasteiger partial charge is 0.338 e. The number of primary sulfonamides is 1. The highest BCUT2D eigenvalue weighted by Gasteiger charge is 2.19. The van der Waals surface area contributed by atoms with Crippen molar-refractivity contribution >= 4 is 25.8 Å². The quantitative estimate of drug-likeness (QED) is 0.603. The summed E-state index contributed by atoms with van der Waals surface area (Å²) >= 11 is 0. The Morgan fingerprint density at radius 1 is 1.14 bits per heavy atom. The summed E-state index contributed by atoms with van der Waals surface area (Å²) in [5.41, 5.74) is -0.168. The highest BCUT2D eigenvalue weighted by molar-refractivity contribution is 7.91. The molecule has 1 rings (SSSR count). The number of benzene rings is 1. The summed E-state index contributed by atoms with van der Waals surface area (Å²) in [7, 11) is -7.83. The number of unbranched alkanes of at least 4 members (excludes halogenated alkanes) is 1. The number of esters is 1. The Bertz CT molecular complexity index is 687. The normalized spacial score (nSPS) is 12.1. The second kappa shape index (κ2) is 6.54. The van der Waals surface area contributed by atoms with E-state index in [1.165, 1.54) is 0 Å². The van der Waals surface area contributed by atoms with E-state index in [-0.39, 0.29) is 17.1 Å². The third-order valence-electron chi connectivity index (χ3n) is 2.60. The number of carbonyl (C=O) groups excluding carboxylic acids is 1. The van der Waals surface area contributed by atoms with Gasteiger partial charge in [0.15, 0.2) is 9.84 Å². The molecule has 0 bridgehead atoms. The molecule has 0 aliphatic carbocycles. The molecule has 21 heavy (non-hydrogen) atoms. The van der Waals surface area contributed by atoms with Crippen molar-refractivity contribution in [3.8, 4) is 0 Å². The topological polar surface area (TPSA) is 121 Å². The number of nitrogens with two attached hydrogens (primary N) is 1. The molecular weight excluding hydrogens is 318 g/mol. The maximum absolute atomic E-state index is 11.8. The average molecular weight is 335 g/mol. The van der Waals surface area contributed by atoms with Crippen LogP contribution >= 0.6 is 0 Å². The van der Waals surface area contributed by atoms with Gasteiger partial charge in [-0.1, -0.05) is 13.3 Å². The number of hydrogen-bond acceptors (Lipinski definition) is 6. The van der Waals surface area contributed by atoms with Gasteiger partial charge in [-0.2, -0.15) is 0 Å². The summed E-state index contributed by atoms with van der Waals surface area (Å²) in [5, 5.41) is 4.98. The van der Waals surface area contributed by atoms with Gasteiger partial charge in [0, 0.05) is 6.26 Å². The van der Waals surface area contributed by atoms with E-state index in [1.54, 1.807) is 0 Å². The first-order valence-electron chi connectivity index (χ1n) is 6.10. The molecular formula is C12H17NO6S2. The zero-order chi connectivity index (χ0) is 16.3. The summed E-state index contributed by atoms with van der Waals surface area (Å²) in [4.78, 5) is 11.1. The van der Waals surface area contributed by atoms with Crippen LogP contribution in [-0.4, -0.2) is 35.7 Å². The summed E-state index contributed by atoms with van der Waals surface area (Å²) in [6.45, 7) is 2.08. The molecule has 0 heterocycles. The molecule has 0 radical (unpaired) electrons. The highest BCUT2D eigenvalue weighted by Crippen LogP contribution is 2.19. The molecule has 0 spiro atoms. The van der Waals surface area contributed by atoms with E-state index in [1.807, 2.05) is 6.92 Å². The summed E-state index contributed by atoms with van der Waals surface area (Å²) in [5.74, 6) is -0.793. The van der Waals surface area contributed by atoms with Gasteiger partial charge in [0.25, 0.3) is 0 Å². The lowest BCUT2D eigenvalue weighted by atomic mass is 10.2. The summed E-state index contributed by atoms with van der Waals surface area (Å²) in [6, 6.07) is 2.98. The van der Waals surface area contributed by atoms with Crippen LogP contribution in [0.2, 0.25) is 0 Å². The molecule has 0 saturated heterocycles. The number of ether oxygens (including phenoxy) is 1. The zero-order valence-electron chi connectivity index (χ0n) is 11.7. The van der Waals surface area contributed by atoms with Crippen LogP contribution in [0.4, 0.5) is 0 Å². The number of sulfonamides is 1. The number of rotatable bonds is 6. The largest absolute Gasteiger partial charge is 0.462 e. The first kappa shape index (κ1) is 17.6. The number of hydrogen-bond donors (Lipinski definition) is 1. The van der Waals surface area contributed by atoms with Crippen molar-refractivity contribution in [2.75, 3.05) is 12.9 Å². The van der Waals surface area contributed by atoms with Crippen molar-refractivity contribution in [3.05, 3.63) is 23.8 Å². The molecule has 118 valence electrons. The van der Waals surface area contributed by atoms with Crippen molar-refractivity contribution in [2.24, 2.45) is 5.14 Å². The van der Waals surface area contributed by atoms with Gasteiger partial charge < -0.3 is 4.74 Å². The van der Waals surface area contributed by atoms with Gasteiger partial charge >= 0.3 is 5.97 Å². The molecule has 1 aromatic rings. The molecule has 1 aromatic carbocycles. The molecule has 7 nitrogen and oxygen atoms in total. The Kier molecular flexibility index (Phi) is 5.48. The Labute approximate surface area is 124 Å². The molecule has 2 N–H and O–H groups in total. The molecule has 0 aromatic heterocycles. The van der Waals surface area contributed by atoms with Gasteiger partial charge in [-0.15, -0.1) is 0 Å². The van der Waals surface area contributed by atoms with Gasteiger partial charge in [-0.05, 0) is 24.6 Å². The van der Waals surface area contributed by atoms with Crippen LogP contribution in [0.5, 0.6) is 0 Å². The molecule has 0 aliphatic rings. The van der Waals surface area contributed by atoms with Gasteiger partial charge in [0.1, 0.15) is 0 Å². The van der Waals surface area contributed by atoms with Crippen LogP contribution in [0.1, 0.15) is 30.1 Å². The van der Waals surface area contributed by atoms with Gasteiger partial charge in [-0.3, -0.25) is 0 Å². The maximum Gasteiger partial charge on any atom is 0.338 e. The maximum atomic E-state index is 11.8. The predicted molar refractivity (Wildman–Crippen MR) is 76.1 cm³/mol. The Morgan fingerprint density at radius 3 is 2.19 bits per heavy atom. The summed E-state index contributed by atoms with van der Waals surface area (Å²) in [6.07, 6.45) is 2.38. The van der Waals surface area contributed by atoms with Crippen molar-refractivity contribution in [1.82, 2.24) is 0 Å². The minimum Gasteiger partial charge on any atom is -0.462 e. The predicted octanol–water partition coefficient (Wildman–Crippen LogP) is 0.694. The molecule has 9 heteroatoms. The van der Waals surface area contributed by atoms with E-state index in [2.05, 4.69) is 0 Å². The zero-order valence-corrected chi connectivity index (χ0v) is 13.3. The van der Waals surface area contributed by atoms with E-state index in [0.717, 1.165) is 30.9 Å². The molecule has 0 amide bonds. The van der Waals surface area contributed by atoms with Crippen LogP contribution in [0.3, 0.4) is 0 Å². The lowest BCUT2D eigenvalue weighted by Crippen LogP contribution is -2.15. The third-order valence-corrected chi connectivity index (χ3v) is 4.59. The van der Waals surface area contributed by atoms with E-state index in [9.17, 15) is 21.6 Å². The van der Waals surface area contributed by atoms with Crippen molar-refractivity contribution < 1.29 is 26.4 Å². The fourth-order valence-corrected chi connectivity index (χ4v) is 2.80. The van der Waals surface area contributed by atoms with Crippen molar-refractivity contribution in [2.45, 2.75) is 29.6 Å². The number of carbonyl (C=O) groups is 1. The minimum absolute atomic E-state index is 0.168. The van der Waals surface area contributed by atoms with Crippen molar-refractivity contribution in [1.29, 1.82) is 0 Å². The van der Waals surface area contributed by atoms with Gasteiger partial charge in [0.2, 0.25) is 10.0 Å². The molecule has 0 atom stereocenters. The Hall–Kier alpha value is -1.45. The van der Waals surface area contributed by atoms with Gasteiger partial charge in [0.05, 0.1) is 22.0 Å². The van der Waals surface area contributed by atoms with E-state index < -0.39 is 30.7 Å². The second-order valence-corrected chi connectivity index (χ2v) is 8.08. The molecule has 0 aliphatic heterocycles. The molecule has 0 saturated carbocycles. The van der Waals surface area contributed by atoms with Crippen molar-refractivity contribution in [3.63, 3.8) is 0 Å². The minimum atomic E-state index is -4.14. The van der Waals surface area contributed by atoms with Crippen LogP contribution < -0.4 is 5.14 Å². The fourth-order valence-electron chi connectivity index (χ4n) is 1.46. The number of sulfone groups is 1. The summed E-state index contributed by atoms with van der Waals surface area (Å²) < 4.78 is 50.8. The van der Waals surface area contributed by atoms with E-state index in [0.29, 0.717) is 6.42 Å². The first-order valence-corrected chi connectivity index (χ1v) is 9.54. The molecule has 0 unspecified atom stereocenters. The third kappa shape index (κ3) is 5.10. The second-order valence-electron chi connectivity index (χ2n) is 4.50.